The van der Waals surface area contributed by atoms with Crippen molar-refractivity contribution in [2.24, 2.45) is 0 Å². The number of sulfonamides is 1. The van der Waals surface area contributed by atoms with Crippen molar-refractivity contribution < 1.29 is 22.6 Å². The topological polar surface area (TPSA) is 73.9 Å². The van der Waals surface area contributed by atoms with Gasteiger partial charge in [0.2, 0.25) is 10.0 Å². The van der Waals surface area contributed by atoms with Crippen LogP contribution in [0.1, 0.15) is 6.92 Å². The second-order valence-corrected chi connectivity index (χ2v) is 7.90. The van der Waals surface area contributed by atoms with Gasteiger partial charge in [0, 0.05) is 4.47 Å². The minimum atomic E-state index is -3.74. The van der Waals surface area contributed by atoms with Crippen molar-refractivity contribution in [2.75, 3.05) is 20.8 Å². The fraction of sp³-hybridized carbons (Fsp3) is 0.294. The molecule has 0 bridgehead atoms. The van der Waals surface area contributed by atoms with Gasteiger partial charge in [0.05, 0.1) is 20.3 Å². The van der Waals surface area contributed by atoms with Crippen molar-refractivity contribution in [3.8, 4) is 17.2 Å². The molecular formula is C17H20BrNO5S. The van der Waals surface area contributed by atoms with Crippen LogP contribution in [-0.4, -0.2) is 35.3 Å². The number of methoxy groups -OCH3 is 2. The van der Waals surface area contributed by atoms with Crippen LogP contribution in [0.5, 0.6) is 17.2 Å². The lowest BCUT2D eigenvalue weighted by atomic mass is 10.3. The fourth-order valence-corrected chi connectivity index (χ4v) is 4.05. The molecule has 0 aliphatic heterocycles. The van der Waals surface area contributed by atoms with Crippen LogP contribution in [-0.2, 0) is 10.0 Å². The summed E-state index contributed by atoms with van der Waals surface area (Å²) < 4.78 is 44.2. The molecule has 0 aliphatic carbocycles. The maximum atomic E-state index is 12.6. The normalized spacial score (nSPS) is 12.5. The number of ether oxygens (including phenoxy) is 3. The Morgan fingerprint density at radius 1 is 1.04 bits per heavy atom. The van der Waals surface area contributed by atoms with Crippen molar-refractivity contribution in [2.45, 2.75) is 17.9 Å². The molecule has 8 heteroatoms. The van der Waals surface area contributed by atoms with Crippen LogP contribution in [0.3, 0.4) is 0 Å². The van der Waals surface area contributed by atoms with E-state index in [9.17, 15) is 8.42 Å². The van der Waals surface area contributed by atoms with Crippen LogP contribution in [0.15, 0.2) is 51.8 Å². The number of rotatable bonds is 8. The Bertz CT molecular complexity index is 808. The van der Waals surface area contributed by atoms with Crippen molar-refractivity contribution in [3.63, 3.8) is 0 Å². The molecule has 0 saturated heterocycles. The summed E-state index contributed by atoms with van der Waals surface area (Å²) in [7, 11) is -0.730. The molecule has 2 aromatic rings. The van der Waals surface area contributed by atoms with E-state index in [1.165, 1.54) is 13.2 Å². The Morgan fingerprint density at radius 3 is 2.28 bits per heavy atom. The predicted octanol–water partition coefficient (Wildman–Crippen LogP) is 3.21. The van der Waals surface area contributed by atoms with Crippen LogP contribution < -0.4 is 18.9 Å². The van der Waals surface area contributed by atoms with Crippen molar-refractivity contribution in [3.05, 3.63) is 46.9 Å². The molecule has 0 amide bonds. The van der Waals surface area contributed by atoms with Gasteiger partial charge >= 0.3 is 0 Å². The summed E-state index contributed by atoms with van der Waals surface area (Å²) in [6, 6.07) is 11.4. The molecule has 1 N–H and O–H groups in total. The van der Waals surface area contributed by atoms with Crippen molar-refractivity contribution >= 4 is 26.0 Å². The van der Waals surface area contributed by atoms with E-state index in [-0.39, 0.29) is 17.3 Å². The van der Waals surface area contributed by atoms with E-state index in [1.54, 1.807) is 50.4 Å². The molecule has 0 radical (unpaired) electrons. The van der Waals surface area contributed by atoms with Gasteiger partial charge in [-0.15, -0.1) is 0 Å². The number of benzene rings is 2. The average molecular weight is 430 g/mol. The largest absolute Gasteiger partial charge is 0.497 e. The van der Waals surface area contributed by atoms with Crippen molar-refractivity contribution in [1.29, 1.82) is 0 Å². The number of halogens is 1. The van der Waals surface area contributed by atoms with E-state index in [1.807, 2.05) is 0 Å². The summed E-state index contributed by atoms with van der Waals surface area (Å²) in [5.41, 5.74) is 0. The summed E-state index contributed by atoms with van der Waals surface area (Å²) >= 11 is 3.27. The standard InChI is InChI=1S/C17H20BrNO5S/c1-12(11-24-15-7-5-14(22-2)6-8-15)19-25(20,21)17-10-13(18)4-9-16(17)23-3/h4-10,12,19H,11H2,1-3H3. The van der Waals surface area contributed by atoms with E-state index < -0.39 is 16.1 Å². The van der Waals surface area contributed by atoms with Gasteiger partial charge in [-0.3, -0.25) is 0 Å². The molecule has 0 aromatic heterocycles. The van der Waals surface area contributed by atoms with Gasteiger partial charge < -0.3 is 14.2 Å². The molecule has 1 atom stereocenters. The maximum absolute atomic E-state index is 12.6. The summed E-state index contributed by atoms with van der Waals surface area (Å²) in [5.74, 6) is 1.63. The molecule has 0 saturated carbocycles. The van der Waals surface area contributed by atoms with Crippen LogP contribution in [0.4, 0.5) is 0 Å². The monoisotopic (exact) mass is 429 g/mol. The molecule has 0 spiro atoms. The Morgan fingerprint density at radius 2 is 1.68 bits per heavy atom. The Kier molecular flexibility index (Phi) is 6.69. The van der Waals surface area contributed by atoms with E-state index in [2.05, 4.69) is 20.7 Å². The Labute approximate surface area is 156 Å². The van der Waals surface area contributed by atoms with E-state index >= 15 is 0 Å². The Balaban J connectivity index is 2.03. The van der Waals surface area contributed by atoms with E-state index in [0.717, 1.165) is 5.75 Å². The SMILES string of the molecule is COc1ccc(OCC(C)NS(=O)(=O)c2cc(Br)ccc2OC)cc1. The zero-order valence-electron chi connectivity index (χ0n) is 14.2. The third kappa shape index (κ3) is 5.35. The highest BCUT2D eigenvalue weighted by atomic mass is 79.9. The van der Waals surface area contributed by atoms with Crippen LogP contribution in [0.2, 0.25) is 0 Å². The smallest absolute Gasteiger partial charge is 0.244 e. The molecule has 0 aliphatic rings. The summed E-state index contributed by atoms with van der Waals surface area (Å²) in [5, 5.41) is 0. The molecular weight excluding hydrogens is 410 g/mol. The second-order valence-electron chi connectivity index (χ2n) is 5.30. The molecule has 0 heterocycles. The Hall–Kier alpha value is -1.77. The third-order valence-electron chi connectivity index (χ3n) is 3.33. The molecule has 2 aromatic carbocycles. The fourth-order valence-electron chi connectivity index (χ4n) is 2.12. The number of hydrogen-bond acceptors (Lipinski definition) is 5. The van der Waals surface area contributed by atoms with Crippen molar-refractivity contribution in [1.82, 2.24) is 4.72 Å². The number of nitrogens with one attached hydrogen (secondary N) is 1. The first-order valence-corrected chi connectivity index (χ1v) is 9.76. The van der Waals surface area contributed by atoms with Gasteiger partial charge in [-0.1, -0.05) is 15.9 Å². The lowest BCUT2D eigenvalue weighted by molar-refractivity contribution is 0.287. The van der Waals surface area contributed by atoms with Gasteiger partial charge in [0.25, 0.3) is 0 Å². The van der Waals surface area contributed by atoms with Gasteiger partial charge in [0.15, 0.2) is 0 Å². The van der Waals surface area contributed by atoms with E-state index in [0.29, 0.717) is 10.2 Å². The van der Waals surface area contributed by atoms with Gasteiger partial charge in [-0.25, -0.2) is 13.1 Å². The van der Waals surface area contributed by atoms with Gasteiger partial charge in [0.1, 0.15) is 28.8 Å². The van der Waals surface area contributed by atoms with Gasteiger partial charge in [-0.05, 0) is 49.4 Å². The predicted molar refractivity (Wildman–Crippen MR) is 99.0 cm³/mol. The minimum absolute atomic E-state index is 0.0701. The van der Waals surface area contributed by atoms with Crippen LogP contribution >= 0.6 is 15.9 Å². The highest BCUT2D eigenvalue weighted by molar-refractivity contribution is 9.10. The lowest BCUT2D eigenvalue weighted by Crippen LogP contribution is -2.36. The van der Waals surface area contributed by atoms with Crippen LogP contribution in [0, 0.1) is 0 Å². The molecule has 136 valence electrons. The molecule has 6 nitrogen and oxygen atoms in total. The van der Waals surface area contributed by atoms with Gasteiger partial charge in [-0.2, -0.15) is 0 Å². The molecule has 25 heavy (non-hydrogen) atoms. The molecule has 1 unspecified atom stereocenters. The highest BCUT2D eigenvalue weighted by Gasteiger charge is 2.22. The van der Waals surface area contributed by atoms with E-state index in [4.69, 9.17) is 14.2 Å². The number of hydrogen-bond donors (Lipinski definition) is 1. The quantitative estimate of drug-likeness (QED) is 0.697. The molecule has 2 rings (SSSR count). The summed E-state index contributed by atoms with van der Waals surface area (Å²) in [4.78, 5) is 0.0701. The second kappa shape index (κ2) is 8.55. The maximum Gasteiger partial charge on any atom is 0.244 e. The first-order chi connectivity index (χ1) is 11.9. The molecule has 0 fully saturated rings. The minimum Gasteiger partial charge on any atom is -0.497 e. The lowest BCUT2D eigenvalue weighted by Gasteiger charge is -2.17. The zero-order valence-corrected chi connectivity index (χ0v) is 16.6. The first-order valence-electron chi connectivity index (χ1n) is 7.48. The average Bonchev–Trinajstić information content (AvgIpc) is 2.60. The summed E-state index contributed by atoms with van der Waals surface area (Å²) in [6.07, 6.45) is 0. The zero-order chi connectivity index (χ0) is 18.4. The third-order valence-corrected chi connectivity index (χ3v) is 5.43. The van der Waals surface area contributed by atoms with Crippen LogP contribution in [0.25, 0.3) is 0 Å². The summed E-state index contributed by atoms with van der Waals surface area (Å²) in [6.45, 7) is 1.91. The first kappa shape index (κ1) is 19.6. The highest BCUT2D eigenvalue weighted by Crippen LogP contribution is 2.27.